The van der Waals surface area contributed by atoms with Crippen molar-refractivity contribution in [2.75, 3.05) is 0 Å². The zero-order chi connectivity index (χ0) is 18.2. The topological polar surface area (TPSA) is 16.8 Å². The molecule has 0 amide bonds. The third kappa shape index (κ3) is 3.78. The van der Waals surface area contributed by atoms with Crippen molar-refractivity contribution in [3.05, 3.63) is 59.7 Å². The van der Waals surface area contributed by atoms with Gasteiger partial charge >= 0.3 is 6.18 Å². The van der Waals surface area contributed by atoms with Crippen LogP contribution in [0.5, 0.6) is 0 Å². The lowest BCUT2D eigenvalue weighted by molar-refractivity contribution is -0.662. The van der Waals surface area contributed by atoms with Gasteiger partial charge in [-0.15, -0.1) is 0 Å². The molecule has 1 heterocycles. The molecular formula is C19H17F4N2+. The second-order valence-electron chi connectivity index (χ2n) is 6.13. The molecule has 0 N–H and O–H groups in total. The van der Waals surface area contributed by atoms with Gasteiger partial charge in [0.25, 0.3) is 6.33 Å². The minimum Gasteiger partial charge on any atom is -0.232 e. The average Bonchev–Trinajstić information content (AvgIpc) is 2.53. The Morgan fingerprint density at radius 1 is 1.08 bits per heavy atom. The molecule has 0 aliphatic rings. The van der Waals surface area contributed by atoms with Crippen LogP contribution in [-0.2, 0) is 13.5 Å². The van der Waals surface area contributed by atoms with E-state index in [1.165, 1.54) is 12.1 Å². The first-order chi connectivity index (χ1) is 11.7. The number of nitrogens with zero attached hydrogens (tertiary/aromatic N) is 2. The maximum Gasteiger partial charge on any atom is 0.389 e. The molecule has 0 aliphatic carbocycles. The van der Waals surface area contributed by atoms with Gasteiger partial charge in [-0.3, -0.25) is 0 Å². The fourth-order valence-corrected chi connectivity index (χ4v) is 2.95. The van der Waals surface area contributed by atoms with E-state index in [9.17, 15) is 17.6 Å². The minimum atomic E-state index is -4.18. The van der Waals surface area contributed by atoms with Crippen LogP contribution in [-0.4, -0.2) is 11.2 Å². The molecule has 0 bridgehead atoms. The Labute approximate surface area is 142 Å². The monoisotopic (exact) mass is 349 g/mol. The molecule has 6 heteroatoms. The van der Waals surface area contributed by atoms with E-state index in [-0.39, 0.29) is 12.2 Å². The number of aryl methyl sites for hydroxylation is 3. The first kappa shape index (κ1) is 17.3. The van der Waals surface area contributed by atoms with Gasteiger partial charge in [0.15, 0.2) is 5.52 Å². The highest BCUT2D eigenvalue weighted by molar-refractivity contribution is 5.91. The van der Waals surface area contributed by atoms with Crippen molar-refractivity contribution >= 4 is 10.9 Å². The summed E-state index contributed by atoms with van der Waals surface area (Å²) in [5.74, 6) is -0.309. The number of fused-ring (bicyclic) bond motifs is 1. The Bertz CT molecular complexity index is 933. The zero-order valence-electron chi connectivity index (χ0n) is 13.9. The molecule has 3 rings (SSSR count). The molecule has 0 atom stereocenters. The Kier molecular flexibility index (Phi) is 4.45. The number of halogens is 4. The Morgan fingerprint density at radius 2 is 1.84 bits per heavy atom. The molecule has 0 unspecified atom stereocenters. The van der Waals surface area contributed by atoms with E-state index in [2.05, 4.69) is 4.98 Å². The largest absolute Gasteiger partial charge is 0.389 e. The van der Waals surface area contributed by atoms with Gasteiger partial charge in [0, 0.05) is 12.0 Å². The second kappa shape index (κ2) is 6.43. The summed E-state index contributed by atoms with van der Waals surface area (Å²) in [6, 6.07) is 9.72. The average molecular weight is 349 g/mol. The van der Waals surface area contributed by atoms with Gasteiger partial charge < -0.3 is 0 Å². The number of hydrogen-bond acceptors (Lipinski definition) is 1. The molecule has 2 nitrogen and oxygen atoms in total. The predicted octanol–water partition coefficient (Wildman–Crippen LogP) is 4.67. The van der Waals surface area contributed by atoms with Crippen molar-refractivity contribution in [1.82, 2.24) is 4.98 Å². The molecule has 1 aromatic heterocycles. The summed E-state index contributed by atoms with van der Waals surface area (Å²) >= 11 is 0. The van der Waals surface area contributed by atoms with E-state index < -0.39 is 12.6 Å². The lowest BCUT2D eigenvalue weighted by Crippen LogP contribution is -2.31. The van der Waals surface area contributed by atoms with E-state index in [1.807, 2.05) is 18.5 Å². The maximum atomic E-state index is 13.4. The van der Waals surface area contributed by atoms with Crippen molar-refractivity contribution in [1.29, 1.82) is 0 Å². The van der Waals surface area contributed by atoms with Crippen molar-refractivity contribution in [2.24, 2.45) is 7.05 Å². The maximum absolute atomic E-state index is 13.4. The molecule has 25 heavy (non-hydrogen) atoms. The zero-order valence-corrected chi connectivity index (χ0v) is 13.9. The van der Waals surface area contributed by atoms with Gasteiger partial charge in [-0.25, -0.2) is 8.96 Å². The van der Waals surface area contributed by atoms with Gasteiger partial charge in [-0.05, 0) is 59.8 Å². The highest BCUT2D eigenvalue weighted by Crippen LogP contribution is 2.29. The van der Waals surface area contributed by atoms with Crippen molar-refractivity contribution in [3.8, 4) is 11.3 Å². The van der Waals surface area contributed by atoms with Crippen LogP contribution in [0.1, 0.15) is 17.5 Å². The van der Waals surface area contributed by atoms with Crippen LogP contribution in [0.15, 0.2) is 42.7 Å². The van der Waals surface area contributed by atoms with E-state index >= 15 is 0 Å². The first-order valence-corrected chi connectivity index (χ1v) is 7.85. The van der Waals surface area contributed by atoms with Crippen LogP contribution in [0, 0.1) is 12.7 Å². The van der Waals surface area contributed by atoms with E-state index in [1.54, 1.807) is 30.6 Å². The van der Waals surface area contributed by atoms with Crippen LogP contribution in [0.2, 0.25) is 0 Å². The number of benzene rings is 2. The highest BCUT2D eigenvalue weighted by Gasteiger charge is 2.26. The third-order valence-electron chi connectivity index (χ3n) is 4.18. The summed E-state index contributed by atoms with van der Waals surface area (Å²) in [5.41, 5.74) is 3.71. The summed E-state index contributed by atoms with van der Waals surface area (Å²) < 4.78 is 52.5. The number of rotatable bonds is 3. The van der Waals surface area contributed by atoms with Crippen molar-refractivity contribution in [3.63, 3.8) is 0 Å². The van der Waals surface area contributed by atoms with E-state index in [0.717, 1.165) is 22.2 Å². The van der Waals surface area contributed by atoms with E-state index in [4.69, 9.17) is 0 Å². The fraction of sp³-hybridized carbons (Fsp3) is 0.263. The van der Waals surface area contributed by atoms with Gasteiger partial charge in [0.1, 0.15) is 11.5 Å². The highest BCUT2D eigenvalue weighted by atomic mass is 19.4. The van der Waals surface area contributed by atoms with E-state index in [0.29, 0.717) is 11.1 Å². The van der Waals surface area contributed by atoms with Crippen LogP contribution >= 0.6 is 0 Å². The molecular weight excluding hydrogens is 332 g/mol. The number of hydrogen-bond donors (Lipinski definition) is 0. The van der Waals surface area contributed by atoms with Gasteiger partial charge in [0.05, 0.1) is 12.4 Å². The van der Waals surface area contributed by atoms with Gasteiger partial charge in [-0.1, -0.05) is 6.07 Å². The Balaban J connectivity index is 2.09. The van der Waals surface area contributed by atoms with Crippen LogP contribution in [0.25, 0.3) is 22.2 Å². The SMILES string of the molecule is Cc1cc(F)ccc1-c1c2ccc(CCC(F)(F)F)cc2nc[n+]1C. The molecule has 0 saturated heterocycles. The molecule has 3 aromatic rings. The molecule has 0 saturated carbocycles. The summed E-state index contributed by atoms with van der Waals surface area (Å²) in [7, 11) is 1.84. The number of alkyl halides is 3. The third-order valence-corrected chi connectivity index (χ3v) is 4.18. The van der Waals surface area contributed by atoms with Crippen LogP contribution in [0.4, 0.5) is 17.6 Å². The second-order valence-corrected chi connectivity index (χ2v) is 6.13. The summed E-state index contributed by atoms with van der Waals surface area (Å²) in [5, 5.41) is 0.815. The molecule has 2 aromatic carbocycles. The lowest BCUT2D eigenvalue weighted by Gasteiger charge is -2.10. The smallest absolute Gasteiger partial charge is 0.232 e. The Hall–Kier alpha value is -2.50. The first-order valence-electron chi connectivity index (χ1n) is 7.85. The predicted molar refractivity (Wildman–Crippen MR) is 87.4 cm³/mol. The summed E-state index contributed by atoms with van der Waals surface area (Å²) in [6.45, 7) is 1.82. The van der Waals surface area contributed by atoms with Crippen molar-refractivity contribution < 1.29 is 22.1 Å². The van der Waals surface area contributed by atoms with Crippen LogP contribution < -0.4 is 4.57 Å². The van der Waals surface area contributed by atoms with Gasteiger partial charge in [0.2, 0.25) is 0 Å². The normalized spacial score (nSPS) is 11.9. The summed E-state index contributed by atoms with van der Waals surface area (Å²) in [6.07, 6.45) is -3.49. The Morgan fingerprint density at radius 3 is 2.52 bits per heavy atom. The van der Waals surface area contributed by atoms with Crippen LogP contribution in [0.3, 0.4) is 0 Å². The molecule has 0 fully saturated rings. The summed E-state index contributed by atoms with van der Waals surface area (Å²) in [4.78, 5) is 4.33. The quantitative estimate of drug-likeness (QED) is 0.496. The molecule has 0 aliphatic heterocycles. The molecule has 0 spiro atoms. The molecule has 130 valence electrons. The lowest BCUT2D eigenvalue weighted by atomic mass is 9.99. The fourth-order valence-electron chi connectivity index (χ4n) is 2.95. The standard InChI is InChI=1S/C19H17F4N2/c1-12-9-14(20)4-6-15(12)18-16-5-3-13(7-8-19(21,22)23)10-17(16)24-11-25(18)2/h3-6,9-11H,7-8H2,1-2H3/q+1. The number of aromatic nitrogens is 2. The molecule has 0 radical (unpaired) electrons. The van der Waals surface area contributed by atoms with Crippen molar-refractivity contribution in [2.45, 2.75) is 25.9 Å². The minimum absolute atomic E-state index is 0.0763. The van der Waals surface area contributed by atoms with Gasteiger partial charge in [-0.2, -0.15) is 13.2 Å².